The molecule has 6 heteroatoms. The molecular formula is C17H15N3OS2. The summed E-state index contributed by atoms with van der Waals surface area (Å²) in [6.07, 6.45) is 0. The van der Waals surface area contributed by atoms with Crippen LogP contribution in [0.15, 0.2) is 65.0 Å². The number of hydrogen-bond donors (Lipinski definition) is 1. The zero-order valence-electron chi connectivity index (χ0n) is 12.3. The molecule has 1 amide bonds. The quantitative estimate of drug-likeness (QED) is 0.696. The fourth-order valence-corrected chi connectivity index (χ4v) is 3.27. The Morgan fingerprint density at radius 3 is 2.61 bits per heavy atom. The van der Waals surface area contributed by atoms with Crippen LogP contribution in [0.2, 0.25) is 0 Å². The first-order valence-electron chi connectivity index (χ1n) is 7.12. The van der Waals surface area contributed by atoms with E-state index < -0.39 is 0 Å². The Labute approximate surface area is 143 Å². The van der Waals surface area contributed by atoms with Gasteiger partial charge >= 0.3 is 0 Å². The van der Waals surface area contributed by atoms with Crippen molar-refractivity contribution < 1.29 is 4.79 Å². The number of nitrogens with one attached hydrogen (secondary N) is 1. The molecule has 0 spiro atoms. The maximum absolute atomic E-state index is 11.9. The fourth-order valence-electron chi connectivity index (χ4n) is 1.94. The largest absolute Gasteiger partial charge is 0.351 e. The Hall–Kier alpha value is -2.18. The molecule has 0 saturated carbocycles. The van der Waals surface area contributed by atoms with Crippen LogP contribution in [0.3, 0.4) is 0 Å². The molecule has 4 nitrogen and oxygen atoms in total. The second kappa shape index (κ2) is 7.89. The molecule has 0 bridgehead atoms. The Bertz CT molecular complexity index is 743. The van der Waals surface area contributed by atoms with E-state index in [2.05, 4.69) is 15.5 Å². The van der Waals surface area contributed by atoms with Crippen molar-refractivity contribution >= 4 is 29.0 Å². The highest BCUT2D eigenvalue weighted by atomic mass is 32.2. The first-order valence-corrected chi connectivity index (χ1v) is 8.99. The summed E-state index contributed by atoms with van der Waals surface area (Å²) >= 11 is 3.02. The van der Waals surface area contributed by atoms with Crippen LogP contribution < -0.4 is 5.32 Å². The standard InChI is InChI=1S/C17H15N3OS2/c21-16(18-11-13-5-2-1-3-6-13)12-23-17-9-8-14(19-20-17)15-7-4-10-22-15/h1-10H,11-12H2,(H,18,21). The van der Waals surface area contributed by atoms with Crippen molar-refractivity contribution in [2.45, 2.75) is 11.6 Å². The van der Waals surface area contributed by atoms with E-state index in [4.69, 9.17) is 0 Å². The Kier molecular flexibility index (Phi) is 5.39. The first-order chi connectivity index (χ1) is 11.3. The van der Waals surface area contributed by atoms with E-state index >= 15 is 0 Å². The third kappa shape index (κ3) is 4.64. The lowest BCUT2D eigenvalue weighted by Gasteiger charge is -2.05. The molecule has 2 heterocycles. The van der Waals surface area contributed by atoms with Crippen LogP contribution in [0.5, 0.6) is 0 Å². The molecular weight excluding hydrogens is 326 g/mol. The zero-order valence-corrected chi connectivity index (χ0v) is 13.9. The van der Waals surface area contributed by atoms with Gasteiger partial charge in [-0.2, -0.15) is 0 Å². The number of benzene rings is 1. The predicted molar refractivity (Wildman–Crippen MR) is 94.4 cm³/mol. The second-order valence-corrected chi connectivity index (χ2v) is 6.73. The van der Waals surface area contributed by atoms with E-state index in [1.807, 2.05) is 60.0 Å². The highest BCUT2D eigenvalue weighted by Gasteiger charge is 2.06. The number of aromatic nitrogens is 2. The van der Waals surface area contributed by atoms with E-state index in [-0.39, 0.29) is 5.91 Å². The average molecular weight is 341 g/mol. The smallest absolute Gasteiger partial charge is 0.230 e. The lowest BCUT2D eigenvalue weighted by atomic mass is 10.2. The maximum Gasteiger partial charge on any atom is 0.230 e. The van der Waals surface area contributed by atoms with Crippen molar-refractivity contribution in [3.63, 3.8) is 0 Å². The molecule has 3 aromatic rings. The van der Waals surface area contributed by atoms with Crippen molar-refractivity contribution in [1.82, 2.24) is 15.5 Å². The summed E-state index contributed by atoms with van der Waals surface area (Å²) in [6.45, 7) is 0.545. The molecule has 0 radical (unpaired) electrons. The van der Waals surface area contributed by atoms with Gasteiger partial charge in [-0.3, -0.25) is 4.79 Å². The summed E-state index contributed by atoms with van der Waals surface area (Å²) in [5, 5.41) is 14.0. The molecule has 0 unspecified atom stereocenters. The topological polar surface area (TPSA) is 54.9 Å². The van der Waals surface area contributed by atoms with Crippen LogP contribution in [0.25, 0.3) is 10.6 Å². The molecule has 2 aromatic heterocycles. The first kappa shape index (κ1) is 15.7. The van der Waals surface area contributed by atoms with Gasteiger partial charge in [-0.1, -0.05) is 48.2 Å². The number of thiophene rings is 1. The van der Waals surface area contributed by atoms with E-state index in [0.717, 1.165) is 21.2 Å². The Balaban J connectivity index is 1.47. The third-order valence-electron chi connectivity index (χ3n) is 3.10. The number of carbonyl (C=O) groups is 1. The normalized spacial score (nSPS) is 10.4. The van der Waals surface area contributed by atoms with Crippen LogP contribution in [-0.2, 0) is 11.3 Å². The molecule has 1 N–H and O–H groups in total. The van der Waals surface area contributed by atoms with Crippen LogP contribution in [0.1, 0.15) is 5.56 Å². The summed E-state index contributed by atoms with van der Waals surface area (Å²) in [5.74, 6) is 0.322. The van der Waals surface area contributed by atoms with Crippen molar-refractivity contribution in [1.29, 1.82) is 0 Å². The number of carbonyl (C=O) groups excluding carboxylic acids is 1. The van der Waals surface area contributed by atoms with Crippen molar-refractivity contribution in [2.24, 2.45) is 0 Å². The van der Waals surface area contributed by atoms with Crippen molar-refractivity contribution in [3.05, 3.63) is 65.5 Å². The fraction of sp³-hybridized carbons (Fsp3) is 0.118. The molecule has 0 saturated heterocycles. The van der Waals surface area contributed by atoms with Gasteiger partial charge in [-0.05, 0) is 29.1 Å². The van der Waals surface area contributed by atoms with Gasteiger partial charge in [0.25, 0.3) is 0 Å². The summed E-state index contributed by atoms with van der Waals surface area (Å²) < 4.78 is 0. The van der Waals surface area contributed by atoms with Crippen molar-refractivity contribution in [3.8, 4) is 10.6 Å². The lowest BCUT2D eigenvalue weighted by molar-refractivity contribution is -0.118. The highest BCUT2D eigenvalue weighted by molar-refractivity contribution is 7.99. The van der Waals surface area contributed by atoms with Gasteiger partial charge in [0.2, 0.25) is 5.91 Å². The number of nitrogens with zero attached hydrogens (tertiary/aromatic N) is 2. The average Bonchev–Trinajstić information content (AvgIpc) is 3.14. The number of hydrogen-bond acceptors (Lipinski definition) is 5. The van der Waals surface area contributed by atoms with Gasteiger partial charge in [0.1, 0.15) is 10.7 Å². The predicted octanol–water partition coefficient (Wildman–Crippen LogP) is 3.61. The zero-order chi connectivity index (χ0) is 15.9. The van der Waals surface area contributed by atoms with Crippen LogP contribution >= 0.6 is 23.1 Å². The molecule has 0 aliphatic carbocycles. The molecule has 23 heavy (non-hydrogen) atoms. The molecule has 116 valence electrons. The third-order valence-corrected chi connectivity index (χ3v) is 4.91. The Morgan fingerprint density at radius 1 is 1.04 bits per heavy atom. The molecule has 0 atom stereocenters. The van der Waals surface area contributed by atoms with E-state index in [0.29, 0.717) is 12.3 Å². The maximum atomic E-state index is 11.9. The van der Waals surface area contributed by atoms with Gasteiger partial charge in [0.15, 0.2) is 0 Å². The summed E-state index contributed by atoms with van der Waals surface area (Å²) in [7, 11) is 0. The van der Waals surface area contributed by atoms with Gasteiger partial charge in [-0.25, -0.2) is 0 Å². The SMILES string of the molecule is O=C(CSc1ccc(-c2cccs2)nn1)NCc1ccccc1. The van der Waals surface area contributed by atoms with Gasteiger partial charge in [0.05, 0.1) is 10.6 Å². The number of thioether (sulfide) groups is 1. The minimum absolute atomic E-state index is 0.0111. The summed E-state index contributed by atoms with van der Waals surface area (Å²) in [5.41, 5.74) is 1.95. The number of rotatable bonds is 6. The summed E-state index contributed by atoms with van der Waals surface area (Å²) in [4.78, 5) is 13.0. The van der Waals surface area contributed by atoms with Crippen LogP contribution in [0, 0.1) is 0 Å². The van der Waals surface area contributed by atoms with Gasteiger partial charge in [-0.15, -0.1) is 21.5 Å². The Morgan fingerprint density at radius 2 is 1.91 bits per heavy atom. The minimum Gasteiger partial charge on any atom is -0.351 e. The van der Waals surface area contributed by atoms with E-state index in [9.17, 15) is 4.79 Å². The molecule has 0 aliphatic heterocycles. The van der Waals surface area contributed by atoms with E-state index in [1.54, 1.807) is 11.3 Å². The van der Waals surface area contributed by atoms with Gasteiger partial charge < -0.3 is 5.32 Å². The minimum atomic E-state index is -0.0111. The van der Waals surface area contributed by atoms with Gasteiger partial charge in [0, 0.05) is 6.54 Å². The molecule has 3 rings (SSSR count). The second-order valence-electron chi connectivity index (χ2n) is 4.79. The monoisotopic (exact) mass is 341 g/mol. The molecule has 0 fully saturated rings. The van der Waals surface area contributed by atoms with Crippen LogP contribution in [-0.4, -0.2) is 21.9 Å². The number of amides is 1. The van der Waals surface area contributed by atoms with Crippen molar-refractivity contribution in [2.75, 3.05) is 5.75 Å². The molecule has 1 aromatic carbocycles. The van der Waals surface area contributed by atoms with E-state index in [1.165, 1.54) is 11.8 Å². The molecule has 0 aliphatic rings. The summed E-state index contributed by atoms with van der Waals surface area (Å²) in [6, 6.07) is 17.7. The lowest BCUT2D eigenvalue weighted by Crippen LogP contribution is -2.24. The van der Waals surface area contributed by atoms with Crippen LogP contribution in [0.4, 0.5) is 0 Å². The highest BCUT2D eigenvalue weighted by Crippen LogP contribution is 2.23.